The molecule has 0 aliphatic carbocycles. The van der Waals surface area contributed by atoms with Gasteiger partial charge in [-0.15, -0.1) is 0 Å². The van der Waals surface area contributed by atoms with Crippen molar-refractivity contribution in [3.63, 3.8) is 0 Å². The van der Waals surface area contributed by atoms with Crippen molar-refractivity contribution < 1.29 is 24.2 Å². The Morgan fingerprint density at radius 2 is 1.78 bits per heavy atom. The lowest BCUT2D eigenvalue weighted by atomic mass is 9.97. The molecule has 1 heterocycles. The number of carbonyl (C=O) groups excluding carboxylic acids is 3. The Hall–Kier alpha value is -4.40. The monoisotopic (exact) mass is 491 g/mol. The Bertz CT molecular complexity index is 1340. The summed E-state index contributed by atoms with van der Waals surface area (Å²) in [5.41, 5.74) is 2.49. The smallest absolute Gasteiger partial charge is 0.319 e. The number of hydrogen-bond acceptors (Lipinski definition) is 6. The fourth-order valence-electron chi connectivity index (χ4n) is 3.78. The van der Waals surface area contributed by atoms with Crippen molar-refractivity contribution >= 4 is 23.5 Å². The number of aryl methyl sites for hydroxylation is 2. The maximum absolute atomic E-state index is 12.9. The number of nitrogens with one attached hydrogen (secondary N) is 2. The number of ketones is 1. The van der Waals surface area contributed by atoms with Crippen LogP contribution in [0.15, 0.2) is 59.5 Å². The second kappa shape index (κ2) is 11.4. The number of carbonyl (C=O) groups is 3. The van der Waals surface area contributed by atoms with Crippen LogP contribution in [0.1, 0.15) is 47.8 Å². The van der Waals surface area contributed by atoms with E-state index in [-0.39, 0.29) is 30.2 Å². The van der Waals surface area contributed by atoms with Gasteiger partial charge in [0.25, 0.3) is 5.56 Å². The number of rotatable bonds is 8. The van der Waals surface area contributed by atoms with E-state index in [9.17, 15) is 24.3 Å². The molecule has 0 spiro atoms. The van der Waals surface area contributed by atoms with Gasteiger partial charge in [0, 0.05) is 24.4 Å². The maximum Gasteiger partial charge on any atom is 0.319 e. The van der Waals surface area contributed by atoms with Crippen molar-refractivity contribution in [2.24, 2.45) is 7.05 Å². The topological polar surface area (TPSA) is 127 Å². The van der Waals surface area contributed by atoms with Crippen LogP contribution in [0.3, 0.4) is 0 Å². The quantitative estimate of drug-likeness (QED) is 0.322. The van der Waals surface area contributed by atoms with Crippen molar-refractivity contribution in [1.29, 1.82) is 0 Å². The van der Waals surface area contributed by atoms with Gasteiger partial charge in [0.15, 0.2) is 11.5 Å². The lowest BCUT2D eigenvalue weighted by molar-refractivity contribution is -0.143. The van der Waals surface area contributed by atoms with Crippen LogP contribution < -0.4 is 16.2 Å². The van der Waals surface area contributed by atoms with E-state index in [0.29, 0.717) is 16.7 Å². The van der Waals surface area contributed by atoms with Crippen molar-refractivity contribution in [2.75, 3.05) is 11.9 Å². The summed E-state index contributed by atoms with van der Waals surface area (Å²) in [5, 5.41) is 15.4. The number of amides is 2. The fourth-order valence-corrected chi connectivity index (χ4v) is 3.78. The number of benzene rings is 2. The van der Waals surface area contributed by atoms with Crippen molar-refractivity contribution in [3.05, 3.63) is 81.8 Å². The highest BCUT2D eigenvalue weighted by molar-refractivity contribution is 5.94. The second-order valence-corrected chi connectivity index (χ2v) is 8.37. The Morgan fingerprint density at radius 3 is 2.42 bits per heavy atom. The van der Waals surface area contributed by atoms with Gasteiger partial charge in [0.2, 0.25) is 0 Å². The summed E-state index contributed by atoms with van der Waals surface area (Å²) in [6.07, 6.45) is 1.31. The van der Waals surface area contributed by atoms with Crippen molar-refractivity contribution in [3.8, 4) is 16.9 Å². The molecule has 1 unspecified atom stereocenters. The molecule has 1 aromatic heterocycles. The standard InChI is InChI=1S/C27H29N3O6/c1-5-36-23(32)14-22(28-27(35)29-24-25(33)16(2)15-30(4)26(24)34)21-8-6-7-20(13-21)19-11-9-18(10-12-19)17(3)31/h6-13,15,22,33H,5,14H2,1-4H3,(H2,28,29,35). The number of esters is 1. The van der Waals surface area contributed by atoms with Gasteiger partial charge in [-0.25, -0.2) is 4.79 Å². The lowest BCUT2D eigenvalue weighted by Gasteiger charge is -2.20. The van der Waals surface area contributed by atoms with E-state index in [1.165, 1.54) is 24.7 Å². The average Bonchev–Trinajstić information content (AvgIpc) is 2.85. The Morgan fingerprint density at radius 1 is 1.08 bits per heavy atom. The number of Topliss-reactive ketones (excluding diaryl/α,β-unsaturated/α-hetero) is 1. The van der Waals surface area contributed by atoms with E-state index in [1.807, 2.05) is 24.3 Å². The number of ether oxygens (including phenoxy) is 1. The molecule has 188 valence electrons. The number of aromatic nitrogens is 1. The molecule has 9 nitrogen and oxygen atoms in total. The molecule has 0 fully saturated rings. The van der Waals surface area contributed by atoms with Crippen LogP contribution in [0.25, 0.3) is 11.1 Å². The van der Waals surface area contributed by atoms with Crippen LogP contribution in [0.2, 0.25) is 0 Å². The first-order valence-electron chi connectivity index (χ1n) is 11.4. The third-order valence-corrected chi connectivity index (χ3v) is 5.67. The molecular formula is C27H29N3O6. The minimum absolute atomic E-state index is 0.0329. The highest BCUT2D eigenvalue weighted by Gasteiger charge is 2.22. The van der Waals surface area contributed by atoms with Gasteiger partial charge in [-0.05, 0) is 43.5 Å². The summed E-state index contributed by atoms with van der Waals surface area (Å²) in [6.45, 7) is 4.98. The zero-order chi connectivity index (χ0) is 26.4. The molecule has 0 aliphatic rings. The van der Waals surface area contributed by atoms with Crippen LogP contribution in [0.5, 0.6) is 5.75 Å². The SMILES string of the molecule is CCOC(=O)CC(NC(=O)Nc1c(O)c(C)cn(C)c1=O)c1cccc(-c2ccc(C(C)=O)cc2)c1. The third kappa shape index (κ3) is 6.18. The highest BCUT2D eigenvalue weighted by atomic mass is 16.5. The number of pyridine rings is 1. The molecular weight excluding hydrogens is 462 g/mol. The predicted molar refractivity (Wildman–Crippen MR) is 136 cm³/mol. The molecule has 0 bridgehead atoms. The van der Waals surface area contributed by atoms with E-state index >= 15 is 0 Å². The number of hydrogen-bond donors (Lipinski definition) is 3. The largest absolute Gasteiger partial charge is 0.505 e. The summed E-state index contributed by atoms with van der Waals surface area (Å²) < 4.78 is 6.33. The number of anilines is 1. The molecule has 0 saturated carbocycles. The molecule has 0 aliphatic heterocycles. The number of urea groups is 1. The fraction of sp³-hybridized carbons (Fsp3) is 0.259. The Balaban J connectivity index is 1.90. The van der Waals surface area contributed by atoms with Crippen LogP contribution in [-0.4, -0.2) is 34.1 Å². The minimum atomic E-state index is -0.781. The summed E-state index contributed by atoms with van der Waals surface area (Å²) in [4.78, 5) is 49.2. The molecule has 36 heavy (non-hydrogen) atoms. The van der Waals surface area contributed by atoms with Gasteiger partial charge < -0.3 is 25.0 Å². The van der Waals surface area contributed by atoms with Crippen LogP contribution in [-0.2, 0) is 16.6 Å². The molecule has 9 heteroatoms. The van der Waals surface area contributed by atoms with Crippen LogP contribution >= 0.6 is 0 Å². The first-order valence-corrected chi connectivity index (χ1v) is 11.4. The van der Waals surface area contributed by atoms with E-state index in [2.05, 4.69) is 10.6 Å². The zero-order valence-electron chi connectivity index (χ0n) is 20.6. The molecule has 0 saturated heterocycles. The second-order valence-electron chi connectivity index (χ2n) is 8.37. The Labute approximate surface area is 208 Å². The summed E-state index contributed by atoms with van der Waals surface area (Å²) >= 11 is 0. The Kier molecular flexibility index (Phi) is 8.26. The van der Waals surface area contributed by atoms with Crippen molar-refractivity contribution in [2.45, 2.75) is 33.2 Å². The van der Waals surface area contributed by atoms with Gasteiger partial charge in [-0.1, -0.05) is 42.5 Å². The minimum Gasteiger partial charge on any atom is -0.505 e. The van der Waals surface area contributed by atoms with E-state index in [0.717, 1.165) is 11.1 Å². The maximum atomic E-state index is 12.9. The van der Waals surface area contributed by atoms with Gasteiger partial charge in [-0.3, -0.25) is 14.4 Å². The summed E-state index contributed by atoms with van der Waals surface area (Å²) in [7, 11) is 1.51. The lowest BCUT2D eigenvalue weighted by Crippen LogP contribution is -2.36. The number of nitrogens with zero attached hydrogens (tertiary/aromatic N) is 1. The van der Waals surface area contributed by atoms with Crippen molar-refractivity contribution in [1.82, 2.24) is 9.88 Å². The van der Waals surface area contributed by atoms with Crippen LogP contribution in [0.4, 0.5) is 10.5 Å². The molecule has 3 rings (SSSR count). The molecule has 2 aromatic carbocycles. The normalized spacial score (nSPS) is 11.4. The van der Waals surface area contributed by atoms with E-state index < -0.39 is 23.6 Å². The third-order valence-electron chi connectivity index (χ3n) is 5.67. The van der Waals surface area contributed by atoms with Gasteiger partial charge >= 0.3 is 12.0 Å². The first kappa shape index (κ1) is 26.2. The average molecular weight is 492 g/mol. The zero-order valence-corrected chi connectivity index (χ0v) is 20.6. The predicted octanol–water partition coefficient (Wildman–Crippen LogP) is 4.08. The molecule has 3 N–H and O–H groups in total. The highest BCUT2D eigenvalue weighted by Crippen LogP contribution is 2.27. The summed E-state index contributed by atoms with van der Waals surface area (Å²) in [6, 6.07) is 12.8. The molecule has 1 atom stereocenters. The van der Waals surface area contributed by atoms with E-state index in [4.69, 9.17) is 4.74 Å². The summed E-state index contributed by atoms with van der Waals surface area (Å²) in [5.74, 6) is -0.867. The van der Waals surface area contributed by atoms with Gasteiger partial charge in [0.05, 0.1) is 19.1 Å². The molecule has 2 amide bonds. The van der Waals surface area contributed by atoms with Gasteiger partial charge in [-0.2, -0.15) is 0 Å². The first-order chi connectivity index (χ1) is 17.1. The number of aromatic hydroxyl groups is 1. The molecule has 0 radical (unpaired) electrons. The van der Waals surface area contributed by atoms with Crippen LogP contribution in [0, 0.1) is 6.92 Å². The van der Waals surface area contributed by atoms with E-state index in [1.54, 1.807) is 38.1 Å². The molecule has 3 aromatic rings. The van der Waals surface area contributed by atoms with Gasteiger partial charge in [0.1, 0.15) is 5.75 Å².